The average Bonchev–Trinajstić information content (AvgIpc) is 2.62. The van der Waals surface area contributed by atoms with Crippen molar-refractivity contribution in [3.05, 3.63) is 24.3 Å². The van der Waals surface area contributed by atoms with Crippen LogP contribution in [0.3, 0.4) is 0 Å². The van der Waals surface area contributed by atoms with E-state index in [2.05, 4.69) is 10.6 Å². The number of benzene rings is 1. The second kappa shape index (κ2) is 3.66. The Morgan fingerprint density at radius 1 is 1.31 bits per heavy atom. The molecular formula is C10H14N2O. The van der Waals surface area contributed by atoms with Crippen LogP contribution in [0.15, 0.2) is 24.3 Å². The van der Waals surface area contributed by atoms with Crippen LogP contribution in [-0.2, 0) is 0 Å². The highest BCUT2D eigenvalue weighted by Crippen LogP contribution is 2.16. The highest BCUT2D eigenvalue weighted by Gasteiger charge is 2.12. The maximum Gasteiger partial charge on any atom is 0.115 e. The van der Waals surface area contributed by atoms with Gasteiger partial charge in [-0.15, -0.1) is 0 Å². The molecule has 0 bridgehead atoms. The van der Waals surface area contributed by atoms with Crippen molar-refractivity contribution >= 4 is 5.69 Å². The number of hydrogen-bond acceptors (Lipinski definition) is 3. The standard InChI is InChI=1S/C10H14N2O/c13-9-5-3-8(4-6-9)12-10-2-1-7-11-10/h3-6,10-13H,1-2,7H2. The minimum Gasteiger partial charge on any atom is -0.508 e. The molecule has 1 fully saturated rings. The van der Waals surface area contributed by atoms with E-state index < -0.39 is 0 Å². The Morgan fingerprint density at radius 3 is 2.69 bits per heavy atom. The molecule has 1 aliphatic heterocycles. The van der Waals surface area contributed by atoms with Gasteiger partial charge in [0.15, 0.2) is 0 Å². The molecule has 0 spiro atoms. The minimum atomic E-state index is 0.310. The van der Waals surface area contributed by atoms with E-state index in [4.69, 9.17) is 5.11 Å². The van der Waals surface area contributed by atoms with Crippen LogP contribution in [-0.4, -0.2) is 17.8 Å². The smallest absolute Gasteiger partial charge is 0.115 e. The molecule has 3 N–H and O–H groups in total. The molecule has 1 heterocycles. The van der Waals surface area contributed by atoms with Crippen molar-refractivity contribution in [3.63, 3.8) is 0 Å². The van der Waals surface area contributed by atoms with E-state index in [9.17, 15) is 0 Å². The first-order chi connectivity index (χ1) is 6.34. The fourth-order valence-corrected chi connectivity index (χ4v) is 1.57. The van der Waals surface area contributed by atoms with Gasteiger partial charge < -0.3 is 10.4 Å². The molecule has 0 saturated carbocycles. The molecule has 0 aromatic heterocycles. The van der Waals surface area contributed by atoms with E-state index >= 15 is 0 Å². The van der Waals surface area contributed by atoms with Gasteiger partial charge in [-0.1, -0.05) is 0 Å². The predicted octanol–water partition coefficient (Wildman–Crippen LogP) is 1.51. The van der Waals surface area contributed by atoms with E-state index in [0.717, 1.165) is 12.2 Å². The van der Waals surface area contributed by atoms with E-state index in [1.165, 1.54) is 12.8 Å². The van der Waals surface area contributed by atoms with Crippen molar-refractivity contribution in [2.24, 2.45) is 0 Å². The van der Waals surface area contributed by atoms with Crippen molar-refractivity contribution in [1.82, 2.24) is 5.32 Å². The maximum absolute atomic E-state index is 9.07. The van der Waals surface area contributed by atoms with Gasteiger partial charge in [-0.3, -0.25) is 5.32 Å². The van der Waals surface area contributed by atoms with Crippen molar-refractivity contribution in [3.8, 4) is 5.75 Å². The normalized spacial score (nSPS) is 21.7. The Labute approximate surface area is 77.8 Å². The molecule has 1 unspecified atom stereocenters. The Bertz CT molecular complexity index is 265. The second-order valence-electron chi connectivity index (χ2n) is 3.34. The molecule has 70 valence electrons. The van der Waals surface area contributed by atoms with Crippen molar-refractivity contribution in [1.29, 1.82) is 0 Å². The molecule has 0 radical (unpaired) electrons. The highest BCUT2D eigenvalue weighted by molar-refractivity contribution is 5.46. The zero-order valence-electron chi connectivity index (χ0n) is 7.46. The number of aromatic hydroxyl groups is 1. The van der Waals surface area contributed by atoms with Gasteiger partial charge in [0.25, 0.3) is 0 Å². The summed E-state index contributed by atoms with van der Waals surface area (Å²) in [5.74, 6) is 0.310. The van der Waals surface area contributed by atoms with Crippen molar-refractivity contribution < 1.29 is 5.11 Å². The van der Waals surface area contributed by atoms with Crippen molar-refractivity contribution in [2.75, 3.05) is 11.9 Å². The molecule has 1 saturated heterocycles. The van der Waals surface area contributed by atoms with E-state index in [1.807, 2.05) is 12.1 Å². The molecule has 0 amide bonds. The van der Waals surface area contributed by atoms with Crippen LogP contribution in [0, 0.1) is 0 Å². The second-order valence-corrected chi connectivity index (χ2v) is 3.34. The fraction of sp³-hybridized carbons (Fsp3) is 0.400. The van der Waals surface area contributed by atoms with Gasteiger partial charge in [0.1, 0.15) is 5.75 Å². The lowest BCUT2D eigenvalue weighted by Crippen LogP contribution is -2.29. The van der Waals surface area contributed by atoms with E-state index in [-0.39, 0.29) is 0 Å². The Kier molecular flexibility index (Phi) is 2.36. The zero-order chi connectivity index (χ0) is 9.10. The summed E-state index contributed by atoms with van der Waals surface area (Å²) in [6, 6.07) is 7.15. The summed E-state index contributed by atoms with van der Waals surface area (Å²) in [4.78, 5) is 0. The first kappa shape index (κ1) is 8.38. The number of phenolic OH excluding ortho intramolecular Hbond substituents is 1. The third-order valence-electron chi connectivity index (χ3n) is 2.27. The molecule has 3 heteroatoms. The topological polar surface area (TPSA) is 44.3 Å². The molecule has 0 aliphatic carbocycles. The Hall–Kier alpha value is -1.22. The first-order valence-electron chi connectivity index (χ1n) is 4.63. The summed E-state index contributed by atoms with van der Waals surface area (Å²) in [5, 5.41) is 15.8. The van der Waals surface area contributed by atoms with Gasteiger partial charge in [0, 0.05) is 5.69 Å². The van der Waals surface area contributed by atoms with Crippen LogP contribution in [0.1, 0.15) is 12.8 Å². The van der Waals surface area contributed by atoms with Gasteiger partial charge in [-0.05, 0) is 43.7 Å². The SMILES string of the molecule is Oc1ccc(NC2CCCN2)cc1. The van der Waals surface area contributed by atoms with Gasteiger partial charge in [-0.25, -0.2) is 0 Å². The third kappa shape index (κ3) is 2.12. The molecule has 2 rings (SSSR count). The van der Waals surface area contributed by atoms with E-state index in [1.54, 1.807) is 12.1 Å². The molecule has 1 aliphatic rings. The van der Waals surface area contributed by atoms with Crippen LogP contribution in [0.5, 0.6) is 5.75 Å². The lowest BCUT2D eigenvalue weighted by Gasteiger charge is -2.13. The van der Waals surface area contributed by atoms with Crippen LogP contribution in [0.25, 0.3) is 0 Å². The molecule has 1 aromatic rings. The highest BCUT2D eigenvalue weighted by atomic mass is 16.3. The third-order valence-corrected chi connectivity index (χ3v) is 2.27. The van der Waals surface area contributed by atoms with Gasteiger partial charge >= 0.3 is 0 Å². The number of phenols is 1. The van der Waals surface area contributed by atoms with Gasteiger partial charge in [0.05, 0.1) is 6.17 Å². The number of nitrogens with one attached hydrogen (secondary N) is 2. The van der Waals surface area contributed by atoms with Crippen LogP contribution >= 0.6 is 0 Å². The summed E-state index contributed by atoms with van der Waals surface area (Å²) in [6.07, 6.45) is 2.79. The Balaban J connectivity index is 1.97. The van der Waals surface area contributed by atoms with E-state index in [0.29, 0.717) is 11.9 Å². The van der Waals surface area contributed by atoms with Gasteiger partial charge in [-0.2, -0.15) is 0 Å². The minimum absolute atomic E-state index is 0.310. The summed E-state index contributed by atoms with van der Waals surface area (Å²) < 4.78 is 0. The van der Waals surface area contributed by atoms with Crippen LogP contribution in [0.4, 0.5) is 5.69 Å². The molecule has 1 atom stereocenters. The monoisotopic (exact) mass is 178 g/mol. The predicted molar refractivity (Wildman–Crippen MR) is 52.8 cm³/mol. The van der Waals surface area contributed by atoms with Gasteiger partial charge in [0.2, 0.25) is 0 Å². The van der Waals surface area contributed by atoms with Crippen LogP contribution in [0.2, 0.25) is 0 Å². The zero-order valence-corrected chi connectivity index (χ0v) is 7.46. The summed E-state index contributed by atoms with van der Waals surface area (Å²) in [6.45, 7) is 1.09. The summed E-state index contributed by atoms with van der Waals surface area (Å²) in [5.41, 5.74) is 1.05. The lowest BCUT2D eigenvalue weighted by molar-refractivity contribution is 0.475. The first-order valence-corrected chi connectivity index (χ1v) is 4.63. The van der Waals surface area contributed by atoms with Crippen molar-refractivity contribution in [2.45, 2.75) is 19.0 Å². The largest absolute Gasteiger partial charge is 0.508 e. The molecular weight excluding hydrogens is 164 g/mol. The fourth-order valence-electron chi connectivity index (χ4n) is 1.57. The molecule has 13 heavy (non-hydrogen) atoms. The summed E-state index contributed by atoms with van der Waals surface area (Å²) >= 11 is 0. The average molecular weight is 178 g/mol. The molecule has 3 nitrogen and oxygen atoms in total. The summed E-state index contributed by atoms with van der Waals surface area (Å²) in [7, 11) is 0. The Morgan fingerprint density at radius 2 is 2.08 bits per heavy atom. The van der Waals surface area contributed by atoms with Crippen LogP contribution < -0.4 is 10.6 Å². The number of rotatable bonds is 2. The number of anilines is 1. The molecule has 1 aromatic carbocycles. The quantitative estimate of drug-likeness (QED) is 0.601. The maximum atomic E-state index is 9.07. The lowest BCUT2D eigenvalue weighted by atomic mass is 10.2. The number of hydrogen-bond donors (Lipinski definition) is 3.